The molecule has 2 N–H and O–H groups in total. The minimum Gasteiger partial charge on any atom is -0.478 e. The summed E-state index contributed by atoms with van der Waals surface area (Å²) in [5.74, 6) is -0.630. The number of ketones is 2. The van der Waals surface area contributed by atoms with Gasteiger partial charge in [0.1, 0.15) is 69.0 Å². The van der Waals surface area contributed by atoms with Crippen molar-refractivity contribution in [2.75, 3.05) is 0 Å². The van der Waals surface area contributed by atoms with Crippen molar-refractivity contribution in [3.05, 3.63) is 477 Å². The summed E-state index contributed by atoms with van der Waals surface area (Å²) in [6.45, 7) is 0. The Morgan fingerprint density at radius 1 is 0.254 bits per heavy atom. The number of carboxylic acid groups (broad SMARTS) is 2. The molecule has 0 fully saturated rings. The maximum Gasteiger partial charge on any atom is 0.643 e. The van der Waals surface area contributed by atoms with Crippen LogP contribution < -0.4 is 18.9 Å². The van der Waals surface area contributed by atoms with Crippen molar-refractivity contribution >= 4 is 122 Å². The predicted octanol–water partition coefficient (Wildman–Crippen LogP) is 26.8. The maximum absolute atomic E-state index is 12.8. The molecule has 16 aromatic carbocycles. The Morgan fingerprint density at radius 2 is 0.507 bits per heavy atom. The topological polar surface area (TPSA) is 311 Å². The average molecular weight is 1900 g/mol. The minimum absolute atomic E-state index is 0.00826. The van der Waals surface area contributed by atoms with Crippen LogP contribution in [0.2, 0.25) is 0 Å². The zero-order valence-corrected chi connectivity index (χ0v) is 75.3. The fourth-order valence-corrected chi connectivity index (χ4v) is 16.0. The third-order valence-electron chi connectivity index (χ3n) is 22.4. The van der Waals surface area contributed by atoms with E-state index in [2.05, 4.69) is 82.3 Å². The smallest absolute Gasteiger partial charge is 0.478 e. The maximum atomic E-state index is 12.8. The van der Waals surface area contributed by atoms with Crippen LogP contribution in [0.25, 0.3) is 66.8 Å². The molecule has 22 nitrogen and oxygen atoms in total. The second-order valence-corrected chi connectivity index (χ2v) is 37.6. The molecule has 18 aromatic rings. The number of fused-ring (bicyclic) bond motifs is 6. The number of carboxylic acids is 2. The molecule has 0 amide bonds. The Hall–Kier alpha value is -17.3. The van der Waals surface area contributed by atoms with Gasteiger partial charge >= 0.3 is 59.1 Å². The highest BCUT2D eigenvalue weighted by atomic mass is 35.8. The molecule has 4 aliphatic heterocycles. The van der Waals surface area contributed by atoms with E-state index in [9.17, 15) is 58.2 Å². The summed E-state index contributed by atoms with van der Waals surface area (Å²) >= 11 is -1.72. The van der Waals surface area contributed by atoms with Gasteiger partial charge in [-0.3, -0.25) is 9.59 Å². The molecule has 0 spiro atoms. The van der Waals surface area contributed by atoms with Gasteiger partial charge in [-0.2, -0.15) is 0 Å². The fraction of sp³-hybridized carbons (Fsp3) is 0.0179. The summed E-state index contributed by atoms with van der Waals surface area (Å²) in [6.07, 6.45) is -0.847. The van der Waals surface area contributed by atoms with Gasteiger partial charge in [0, 0.05) is 77.2 Å². The van der Waals surface area contributed by atoms with Gasteiger partial charge in [0.05, 0.1) is 44.5 Å². The van der Waals surface area contributed by atoms with E-state index < -0.39 is 71.0 Å². The van der Waals surface area contributed by atoms with Crippen LogP contribution in [0.3, 0.4) is 0 Å². The normalized spacial score (nSPS) is 13.2. The molecule has 138 heavy (non-hydrogen) atoms. The molecule has 4 aliphatic rings. The van der Waals surface area contributed by atoms with E-state index in [0.717, 1.165) is 101 Å². The van der Waals surface area contributed by atoms with Crippen LogP contribution in [0, 0.1) is 0 Å². The van der Waals surface area contributed by atoms with Gasteiger partial charge in [-0.15, -0.1) is 0 Å². The average Bonchev–Trinajstić information content (AvgIpc) is 1.62. The molecular formula is C112H68AlCl3O22. The first-order valence-corrected chi connectivity index (χ1v) is 47.9. The van der Waals surface area contributed by atoms with Crippen molar-refractivity contribution in [2.24, 2.45) is 0 Å². The number of benzene rings is 16. The molecule has 0 bridgehead atoms. The highest BCUT2D eigenvalue weighted by Gasteiger charge is 2.37. The number of carbonyl (C=O) groups excluding carboxylic acids is 8. The monoisotopic (exact) mass is 1900 g/mol. The molecule has 2 unspecified atom stereocenters. The third kappa shape index (κ3) is 20.0. The molecule has 0 saturated carbocycles. The second kappa shape index (κ2) is 40.6. The van der Waals surface area contributed by atoms with Gasteiger partial charge in [0.25, 0.3) is 0 Å². The number of rotatable bonds is 20. The van der Waals surface area contributed by atoms with E-state index in [0.29, 0.717) is 33.8 Å². The number of hydrogen-bond donors (Lipinski definition) is 2. The number of esters is 6. The summed E-state index contributed by atoms with van der Waals surface area (Å²) in [4.78, 5) is 120. The lowest BCUT2D eigenvalue weighted by Gasteiger charge is -2.12. The number of halogens is 3. The SMILES string of the molecule is O=C(O)c1cc(Oc2ccc(C(=O)c3ccccc3)c(C(=O)O)c2)ccc1C(=O)c1ccccc1.O=C1OC(=O)c2cc(Oc3ccc4c(c3)C(=O)OC4=O)ccc21.O=C1OC(c2ccccc2)c2ccc(Oc3ccc4c(c3)C(=O)OC4c3ccccc3)cc21.[Cl][Al]([Cl])[Cl].c1ccc(-c2oc(-c3ccccc3)c3cc(Oc4ccc5c(-c6ccccc6)oc(-c6ccccc6)c5c4)ccc23)cc1. The molecule has 0 saturated heterocycles. The second-order valence-electron chi connectivity index (χ2n) is 31.1. The van der Waals surface area contributed by atoms with Crippen LogP contribution >= 0.6 is 30.1 Å². The van der Waals surface area contributed by atoms with Crippen LogP contribution in [0.1, 0.15) is 149 Å². The molecule has 0 aliphatic carbocycles. The van der Waals surface area contributed by atoms with Crippen LogP contribution in [0.15, 0.2) is 397 Å². The lowest BCUT2D eigenvalue weighted by atomic mass is 9.97. The van der Waals surface area contributed by atoms with Gasteiger partial charge in [-0.05, 0) is 145 Å². The van der Waals surface area contributed by atoms with Gasteiger partial charge in [0.2, 0.25) is 0 Å². The molecular weight excluding hydrogens is 1830 g/mol. The first-order chi connectivity index (χ1) is 67.1. The Kier molecular flexibility index (Phi) is 26.9. The van der Waals surface area contributed by atoms with Crippen LogP contribution in [0.4, 0.5) is 0 Å². The van der Waals surface area contributed by atoms with E-state index in [-0.39, 0.29) is 79.4 Å². The van der Waals surface area contributed by atoms with E-state index >= 15 is 0 Å². The summed E-state index contributed by atoms with van der Waals surface area (Å²) in [6, 6.07) is 116. The van der Waals surface area contributed by atoms with E-state index in [4.69, 9.17) is 67.4 Å². The number of ether oxygens (including phenoxy) is 8. The quantitative estimate of drug-likeness (QED) is 0.0235. The molecule has 0 radical (unpaired) electrons. The molecule has 672 valence electrons. The summed E-state index contributed by atoms with van der Waals surface area (Å²) in [7, 11) is 14.8. The van der Waals surface area contributed by atoms with Crippen molar-refractivity contribution in [2.45, 2.75) is 12.2 Å². The Labute approximate surface area is 802 Å². The molecule has 6 heterocycles. The van der Waals surface area contributed by atoms with Gasteiger partial charge in [-0.1, -0.05) is 255 Å². The number of carbonyl (C=O) groups is 10. The third-order valence-corrected chi connectivity index (χ3v) is 22.4. The van der Waals surface area contributed by atoms with Crippen LogP contribution in [-0.2, 0) is 18.9 Å². The Morgan fingerprint density at radius 3 is 0.826 bits per heavy atom. The minimum atomic E-state index is -1.72. The van der Waals surface area contributed by atoms with Gasteiger partial charge in [-0.25, -0.2) is 68.5 Å². The Bertz CT molecular complexity index is 7340. The number of aromatic carboxylic acids is 2. The fourth-order valence-electron chi connectivity index (χ4n) is 16.0. The Balaban J connectivity index is 0.000000123. The van der Waals surface area contributed by atoms with E-state index in [1.54, 1.807) is 84.9 Å². The standard InChI is InChI=1S/C40H26O3.C28H18O7.C28H18O5.C16H6O7.Al.3ClH/c1-5-13-27(14-6-1)37-33-23-21-31(25-35(33)39(42-37)29-17-9-3-10-18-29)41-32-22-24-34-36(26-32)40(30-19-11-4-12-20-30)43-38(34)28-15-7-2-8-16-28;29-25(17-7-3-1-4-8-17)21-13-11-19(15-23(21)27(31)32)35-20-12-14-22(24(16-20)28(33)34)26(30)18-9-5-2-6-10-18;29-27-23-15-19(11-13-21(23)25(32-27)17-7-3-1-4-8-17)31-20-12-14-22-24(16-20)28(30)33-26(22)18-9-5-2-6-10-18;17-13-9-3-1-7(5-11(9)15(19)22-13)21-8-2-4-10-12(6-8)16(20)23-14(10)18;;;;/h1-26H;1-16H,(H,31,32)(H,33,34);1-16,25-26H;1-6H;;3*1H/q;;;;+3;;;/p-3. The molecule has 2 aromatic heterocycles. The van der Waals surface area contributed by atoms with Crippen molar-refractivity contribution in [3.63, 3.8) is 0 Å². The summed E-state index contributed by atoms with van der Waals surface area (Å²) < 4.78 is 57.0. The van der Waals surface area contributed by atoms with Crippen LogP contribution in [-0.4, -0.2) is 80.9 Å². The molecule has 22 rings (SSSR count). The summed E-state index contributed by atoms with van der Waals surface area (Å²) in [5.41, 5.74) is 9.25. The highest BCUT2D eigenvalue weighted by Crippen LogP contribution is 2.47. The zero-order valence-electron chi connectivity index (χ0n) is 71.9. The molecule has 26 heteroatoms. The van der Waals surface area contributed by atoms with E-state index in [1.807, 2.05) is 158 Å². The first kappa shape index (κ1) is 91.2. The van der Waals surface area contributed by atoms with Crippen molar-refractivity contribution in [1.29, 1.82) is 0 Å². The van der Waals surface area contributed by atoms with Crippen molar-refractivity contribution < 1.29 is 105 Å². The number of hydrogen-bond acceptors (Lipinski definition) is 20. The van der Waals surface area contributed by atoms with Gasteiger partial charge in [0.15, 0.2) is 23.8 Å². The van der Waals surface area contributed by atoms with Crippen LogP contribution in [0.5, 0.6) is 46.0 Å². The summed E-state index contributed by atoms with van der Waals surface area (Å²) in [5, 5.41) is 23.4. The number of furan rings is 2. The number of cyclic esters (lactones) is 6. The van der Waals surface area contributed by atoms with Crippen molar-refractivity contribution in [1.82, 2.24) is 0 Å². The molecule has 2 atom stereocenters. The lowest BCUT2D eigenvalue weighted by molar-refractivity contribution is 0.0425. The zero-order chi connectivity index (χ0) is 95.6. The lowest BCUT2D eigenvalue weighted by Crippen LogP contribution is -2.10. The predicted molar refractivity (Wildman–Crippen MR) is 517 cm³/mol. The van der Waals surface area contributed by atoms with E-state index in [1.165, 1.54) is 72.8 Å². The largest absolute Gasteiger partial charge is 0.643 e. The highest BCUT2D eigenvalue weighted by molar-refractivity contribution is 7.54. The van der Waals surface area contributed by atoms with Gasteiger partial charge < -0.3 is 56.9 Å². The first-order valence-electron chi connectivity index (χ1n) is 42.6. The van der Waals surface area contributed by atoms with Crippen molar-refractivity contribution in [3.8, 4) is 91.3 Å².